The average Bonchev–Trinajstić information content (AvgIpc) is 3.29. The van der Waals surface area contributed by atoms with Crippen LogP contribution in [0.4, 0.5) is 21.9 Å². The minimum absolute atomic E-state index is 0.0101. The quantitative estimate of drug-likeness (QED) is 0.0603. The van der Waals surface area contributed by atoms with Crippen LogP contribution in [0.1, 0.15) is 59.3 Å². The van der Waals surface area contributed by atoms with Crippen LogP contribution in [0.25, 0.3) is 22.0 Å². The first-order valence-electron chi connectivity index (χ1n) is 21.3. The molecule has 13 nitrogen and oxygen atoms in total. The lowest BCUT2D eigenvalue weighted by Gasteiger charge is -2.32. The number of anilines is 3. The topological polar surface area (TPSA) is 176 Å². The summed E-state index contributed by atoms with van der Waals surface area (Å²) in [4.78, 5) is 57.9. The van der Waals surface area contributed by atoms with Crippen molar-refractivity contribution < 1.29 is 29.3 Å². The van der Waals surface area contributed by atoms with Crippen molar-refractivity contribution in [3.8, 4) is 16.9 Å². The van der Waals surface area contributed by atoms with Crippen molar-refractivity contribution in [2.75, 3.05) is 48.8 Å². The van der Waals surface area contributed by atoms with E-state index in [2.05, 4.69) is 25.8 Å². The van der Waals surface area contributed by atoms with Crippen molar-refractivity contribution in [2.24, 2.45) is 0 Å². The first-order chi connectivity index (χ1) is 30.4. The fourth-order valence-electron chi connectivity index (χ4n) is 8.00. The molecule has 1 aromatic heterocycles. The highest BCUT2D eigenvalue weighted by atomic mass is 16.6. The molecule has 0 radical (unpaired) electrons. The van der Waals surface area contributed by atoms with Gasteiger partial charge in [0.15, 0.2) is 0 Å². The molecular weight excluding hydrogens is 797 g/mol. The molecule has 0 bridgehead atoms. The summed E-state index contributed by atoms with van der Waals surface area (Å²) in [5.41, 5.74) is 6.80. The highest BCUT2D eigenvalue weighted by Gasteiger charge is 2.24. The Morgan fingerprint density at radius 1 is 0.889 bits per heavy atom. The number of benzene rings is 5. The molecule has 3 amide bonds. The van der Waals surface area contributed by atoms with Gasteiger partial charge < -0.3 is 40.4 Å². The molecule has 1 unspecified atom stereocenters. The number of nitrogens with zero attached hydrogens (tertiary/aromatic N) is 2. The molecule has 326 valence electrons. The number of rotatable bonds is 15. The zero-order valence-corrected chi connectivity index (χ0v) is 35.8. The third-order valence-electron chi connectivity index (χ3n) is 11.6. The van der Waals surface area contributed by atoms with Gasteiger partial charge in [0, 0.05) is 79.6 Å². The molecule has 2 heterocycles. The number of amides is 3. The Balaban J connectivity index is 0.843. The molecule has 6 aromatic rings. The number of carbonyl (C=O) groups is 3. The predicted molar refractivity (Wildman–Crippen MR) is 247 cm³/mol. The maximum absolute atomic E-state index is 13.4. The zero-order chi connectivity index (χ0) is 44.5. The fourth-order valence-corrected chi connectivity index (χ4v) is 8.00. The molecule has 13 heteroatoms. The van der Waals surface area contributed by atoms with Crippen molar-refractivity contribution in [1.82, 2.24) is 15.2 Å². The summed E-state index contributed by atoms with van der Waals surface area (Å²) in [6.45, 7) is 6.17. The van der Waals surface area contributed by atoms with Crippen molar-refractivity contribution in [1.29, 1.82) is 0 Å². The van der Waals surface area contributed by atoms with Crippen LogP contribution in [-0.4, -0.2) is 83.4 Å². The Kier molecular flexibility index (Phi) is 14.3. The molecular formula is C50H54N6O7. The lowest BCUT2D eigenvalue weighted by atomic mass is 10.0. The fraction of sp³-hybridized carbons (Fsp3) is 0.280. The van der Waals surface area contributed by atoms with E-state index in [1.165, 1.54) is 12.1 Å². The van der Waals surface area contributed by atoms with E-state index in [-0.39, 0.29) is 41.8 Å². The highest BCUT2D eigenvalue weighted by molar-refractivity contribution is 6.06. The van der Waals surface area contributed by atoms with Crippen LogP contribution in [0.5, 0.6) is 5.75 Å². The Hall–Kier alpha value is -6.80. The molecule has 0 aliphatic carbocycles. The Morgan fingerprint density at radius 3 is 2.38 bits per heavy atom. The van der Waals surface area contributed by atoms with Gasteiger partial charge >= 0.3 is 6.09 Å². The second-order valence-electron chi connectivity index (χ2n) is 16.2. The third-order valence-corrected chi connectivity index (χ3v) is 11.6. The first-order valence-corrected chi connectivity index (χ1v) is 21.3. The van der Waals surface area contributed by atoms with Crippen LogP contribution in [0.15, 0.2) is 126 Å². The van der Waals surface area contributed by atoms with E-state index in [0.29, 0.717) is 84.4 Å². The number of likely N-dealkylation sites (tertiary alicyclic amines) is 1. The van der Waals surface area contributed by atoms with E-state index >= 15 is 0 Å². The van der Waals surface area contributed by atoms with Crippen LogP contribution in [0, 0.1) is 6.92 Å². The van der Waals surface area contributed by atoms with Gasteiger partial charge in [0.05, 0.1) is 17.3 Å². The number of aliphatic hydroxyl groups is 1. The maximum atomic E-state index is 13.4. The summed E-state index contributed by atoms with van der Waals surface area (Å²) in [6.07, 6.45) is 0.751. The zero-order valence-electron chi connectivity index (χ0n) is 35.8. The lowest BCUT2D eigenvalue weighted by Crippen LogP contribution is -2.40. The number of piperidine rings is 1. The summed E-state index contributed by atoms with van der Waals surface area (Å²) in [7, 11) is 1.73. The number of phenolic OH excluding ortho intramolecular Hbond substituents is 1. The number of H-pyrrole nitrogens is 1. The number of aromatic hydroxyl groups is 1. The molecule has 63 heavy (non-hydrogen) atoms. The smallest absolute Gasteiger partial charge is 0.411 e. The second-order valence-corrected chi connectivity index (χ2v) is 16.2. The third kappa shape index (κ3) is 11.4. The molecule has 0 saturated carbocycles. The number of aliphatic hydroxyl groups excluding tert-OH is 1. The molecule has 1 aliphatic heterocycles. The SMILES string of the molecule is Cc1ccc(C(=O)Nc2ccc(CC(C)NC[C@@H](O)c3ccc(O)c4[nH]c(=O)ccc34)cc2)cc1N(C)C(=O)CCN1CCC(OC(=O)Nc2ccccc2-c2ccccc2)CC1. The largest absolute Gasteiger partial charge is 0.506 e. The van der Waals surface area contributed by atoms with E-state index in [4.69, 9.17) is 4.74 Å². The standard InChI is InChI=1S/C50H54N6O7/c1-32-13-16-36(49(61)52-37-17-14-34(15-18-37)29-33(2)51-31-45(58)40-19-21-44(57)48-41(40)20-22-46(59)54-48)30-43(32)55(3)47(60)25-28-56-26-23-38(24-27-56)63-50(62)53-42-12-8-7-11-39(42)35-9-5-4-6-10-35/h4-22,30,33,38,45,51,57-58H,23-29,31H2,1-3H3,(H,52,61)(H,53,62)(H,54,59)/t33?,45-/m1/s1. The molecule has 0 spiro atoms. The van der Waals surface area contributed by atoms with Gasteiger partial charge in [-0.25, -0.2) is 4.79 Å². The van der Waals surface area contributed by atoms with Crippen LogP contribution < -0.4 is 26.4 Å². The summed E-state index contributed by atoms with van der Waals surface area (Å²) in [6, 6.07) is 36.5. The highest BCUT2D eigenvalue weighted by Crippen LogP contribution is 2.30. The molecule has 6 N–H and O–H groups in total. The number of fused-ring (bicyclic) bond motifs is 1. The molecule has 1 aliphatic rings. The summed E-state index contributed by atoms with van der Waals surface area (Å²) in [5.74, 6) is -0.414. The number of aryl methyl sites for hydroxylation is 1. The number of aromatic nitrogens is 1. The van der Waals surface area contributed by atoms with Gasteiger partial charge in [0.2, 0.25) is 11.5 Å². The van der Waals surface area contributed by atoms with Gasteiger partial charge in [0.1, 0.15) is 11.9 Å². The van der Waals surface area contributed by atoms with Crippen LogP contribution in [0.2, 0.25) is 0 Å². The van der Waals surface area contributed by atoms with Crippen molar-refractivity contribution in [3.63, 3.8) is 0 Å². The van der Waals surface area contributed by atoms with E-state index in [1.807, 2.05) is 98.8 Å². The minimum Gasteiger partial charge on any atom is -0.506 e. The number of aromatic amines is 1. The van der Waals surface area contributed by atoms with Gasteiger partial charge in [-0.1, -0.05) is 72.8 Å². The van der Waals surface area contributed by atoms with Crippen molar-refractivity contribution >= 4 is 45.9 Å². The van der Waals surface area contributed by atoms with Gasteiger partial charge in [-0.2, -0.15) is 0 Å². The summed E-state index contributed by atoms with van der Waals surface area (Å²) < 4.78 is 5.79. The van der Waals surface area contributed by atoms with E-state index in [9.17, 15) is 29.4 Å². The van der Waals surface area contributed by atoms with Crippen LogP contribution >= 0.6 is 0 Å². The van der Waals surface area contributed by atoms with Crippen molar-refractivity contribution in [3.05, 3.63) is 154 Å². The number of carbonyl (C=O) groups excluding carboxylic acids is 3. The number of ether oxygens (including phenoxy) is 1. The molecule has 5 aromatic carbocycles. The van der Waals surface area contributed by atoms with Gasteiger partial charge in [0.25, 0.3) is 5.91 Å². The van der Waals surface area contributed by atoms with Crippen molar-refractivity contribution in [2.45, 2.75) is 57.8 Å². The second kappa shape index (κ2) is 20.4. The van der Waals surface area contributed by atoms with Gasteiger partial charge in [-0.15, -0.1) is 0 Å². The normalized spacial score (nSPS) is 14.2. The Labute approximate surface area is 366 Å². The number of phenols is 1. The van der Waals surface area contributed by atoms with Crippen LogP contribution in [-0.2, 0) is 16.0 Å². The van der Waals surface area contributed by atoms with E-state index < -0.39 is 12.2 Å². The molecule has 1 fully saturated rings. The maximum Gasteiger partial charge on any atom is 0.411 e. The van der Waals surface area contributed by atoms with Gasteiger partial charge in [-0.05, 0) is 97.8 Å². The number of pyridine rings is 1. The predicted octanol–water partition coefficient (Wildman–Crippen LogP) is 7.78. The minimum atomic E-state index is -0.868. The molecule has 2 atom stereocenters. The number of nitrogens with one attached hydrogen (secondary N) is 4. The summed E-state index contributed by atoms with van der Waals surface area (Å²) >= 11 is 0. The Morgan fingerprint density at radius 2 is 1.62 bits per heavy atom. The number of para-hydroxylation sites is 1. The Bertz CT molecular complexity index is 2610. The van der Waals surface area contributed by atoms with E-state index in [0.717, 1.165) is 22.3 Å². The van der Waals surface area contributed by atoms with Crippen LogP contribution in [0.3, 0.4) is 0 Å². The van der Waals surface area contributed by atoms with E-state index in [1.54, 1.807) is 36.2 Å². The lowest BCUT2D eigenvalue weighted by molar-refractivity contribution is -0.118. The summed E-state index contributed by atoms with van der Waals surface area (Å²) in [5, 5.41) is 30.9. The number of hydrogen-bond donors (Lipinski definition) is 6. The molecule has 1 saturated heterocycles. The molecule has 7 rings (SSSR count). The monoisotopic (exact) mass is 850 g/mol. The van der Waals surface area contributed by atoms with Gasteiger partial charge in [-0.3, -0.25) is 19.7 Å². The average molecular weight is 851 g/mol. The first kappa shape index (κ1) is 44.3. The number of hydrogen-bond acceptors (Lipinski definition) is 9.